The third-order valence-electron chi connectivity index (χ3n) is 5.38. The van der Waals surface area contributed by atoms with Crippen molar-refractivity contribution in [2.45, 2.75) is 32.1 Å². The molecule has 0 amide bonds. The lowest BCUT2D eigenvalue weighted by molar-refractivity contribution is -0.126. The van der Waals surface area contributed by atoms with Crippen LogP contribution in [-0.4, -0.2) is 5.78 Å². The Bertz CT molecular complexity index is 329. The second-order valence-electron chi connectivity index (χ2n) is 5.47. The molecule has 0 radical (unpaired) electrons. The number of rotatable bonds is 0. The zero-order valence-electron chi connectivity index (χ0n) is 7.75. The zero-order valence-corrected chi connectivity index (χ0v) is 7.75. The molecule has 0 N–H and O–H groups in total. The van der Waals surface area contributed by atoms with Gasteiger partial charge in [0, 0.05) is 11.8 Å². The Kier molecular flexibility index (Phi) is 0.861. The largest absolute Gasteiger partial charge is 0.299 e. The molecule has 5 aliphatic carbocycles. The molecule has 0 saturated heterocycles. The Morgan fingerprint density at radius 3 is 2.77 bits per heavy atom. The van der Waals surface area contributed by atoms with Gasteiger partial charge in [0.2, 0.25) is 0 Å². The minimum absolute atomic E-state index is 0.471. The first-order valence-electron chi connectivity index (χ1n) is 5.49. The number of carbonyl (C=O) groups excluding carboxylic acids is 1. The first-order chi connectivity index (χ1) is 6.30. The average Bonchev–Trinajstić information content (AvgIpc) is 2.71. The van der Waals surface area contributed by atoms with E-state index in [0.29, 0.717) is 28.4 Å². The number of fused-ring (bicyclic) bond motifs is 1. The molecule has 1 heteroatoms. The maximum absolute atomic E-state index is 11.9. The molecule has 4 fully saturated rings. The highest BCUT2D eigenvalue weighted by Crippen LogP contribution is 2.85. The maximum Gasteiger partial charge on any atom is 0.140 e. The summed E-state index contributed by atoms with van der Waals surface area (Å²) in [6.07, 6.45) is 10.8. The Hall–Kier alpha value is -0.590. The van der Waals surface area contributed by atoms with Gasteiger partial charge in [0.05, 0.1) is 0 Å². The van der Waals surface area contributed by atoms with Crippen molar-refractivity contribution in [3.63, 3.8) is 0 Å². The number of Topliss-reactive ketones (excluding diaryl/α,β-unsaturated/α-hetero) is 1. The monoisotopic (exact) mass is 174 g/mol. The summed E-state index contributed by atoms with van der Waals surface area (Å²) in [6.45, 7) is 0. The molecule has 4 bridgehead atoms. The molecule has 0 aromatic heterocycles. The standard InChI is InChI=1S/C12H14O/c13-9-8-3-6-11-4-1-2-5-12(11,7-8)10(9)11/h1-2,8,10H,3-7H2. The number of allylic oxidation sites excluding steroid dienone is 2. The summed E-state index contributed by atoms with van der Waals surface area (Å²) < 4.78 is 0. The Labute approximate surface area is 78.2 Å². The molecular formula is C12H14O. The summed E-state index contributed by atoms with van der Waals surface area (Å²) >= 11 is 0. The molecule has 4 saturated carbocycles. The van der Waals surface area contributed by atoms with E-state index in [0.717, 1.165) is 0 Å². The third-order valence-corrected chi connectivity index (χ3v) is 5.38. The van der Waals surface area contributed by atoms with Gasteiger partial charge in [0.1, 0.15) is 5.78 Å². The number of ketones is 1. The van der Waals surface area contributed by atoms with Crippen LogP contribution in [0.3, 0.4) is 0 Å². The van der Waals surface area contributed by atoms with Crippen molar-refractivity contribution in [2.24, 2.45) is 22.7 Å². The molecule has 0 aliphatic heterocycles. The molecule has 0 aromatic carbocycles. The van der Waals surface area contributed by atoms with Crippen molar-refractivity contribution >= 4 is 5.78 Å². The number of carbonyl (C=O) groups is 1. The minimum Gasteiger partial charge on any atom is -0.299 e. The van der Waals surface area contributed by atoms with Crippen molar-refractivity contribution in [2.75, 3.05) is 0 Å². The number of hydrogen-bond donors (Lipinski definition) is 0. The van der Waals surface area contributed by atoms with Crippen LogP contribution in [0.4, 0.5) is 0 Å². The van der Waals surface area contributed by atoms with E-state index < -0.39 is 0 Å². The first-order valence-corrected chi connectivity index (χ1v) is 5.49. The van der Waals surface area contributed by atoms with Gasteiger partial charge >= 0.3 is 0 Å². The van der Waals surface area contributed by atoms with Crippen molar-refractivity contribution < 1.29 is 4.79 Å². The van der Waals surface area contributed by atoms with Crippen LogP contribution in [0.25, 0.3) is 0 Å². The molecule has 4 atom stereocenters. The van der Waals surface area contributed by atoms with E-state index in [2.05, 4.69) is 12.2 Å². The van der Waals surface area contributed by atoms with Gasteiger partial charge in [-0.2, -0.15) is 0 Å². The van der Waals surface area contributed by atoms with Gasteiger partial charge in [0.25, 0.3) is 0 Å². The summed E-state index contributed by atoms with van der Waals surface area (Å²) in [5.74, 6) is 1.60. The van der Waals surface area contributed by atoms with Crippen LogP contribution >= 0.6 is 0 Å². The molecule has 0 aromatic rings. The predicted molar refractivity (Wildman–Crippen MR) is 49.1 cm³/mol. The van der Waals surface area contributed by atoms with Crippen LogP contribution in [0, 0.1) is 22.7 Å². The fourth-order valence-electron chi connectivity index (χ4n) is 4.86. The lowest BCUT2D eigenvalue weighted by Crippen LogP contribution is -2.30. The summed E-state index contributed by atoms with van der Waals surface area (Å²) in [7, 11) is 0. The topological polar surface area (TPSA) is 17.1 Å². The molecule has 0 heterocycles. The van der Waals surface area contributed by atoms with E-state index in [1.165, 1.54) is 32.1 Å². The van der Waals surface area contributed by atoms with E-state index >= 15 is 0 Å². The fourth-order valence-corrected chi connectivity index (χ4v) is 4.86. The summed E-state index contributed by atoms with van der Waals surface area (Å²) in [4.78, 5) is 11.9. The minimum atomic E-state index is 0.471. The molecule has 68 valence electrons. The quantitative estimate of drug-likeness (QED) is 0.515. The summed E-state index contributed by atoms with van der Waals surface area (Å²) in [5, 5.41) is 0. The average molecular weight is 174 g/mol. The Balaban J connectivity index is 1.91. The van der Waals surface area contributed by atoms with Gasteiger partial charge in [0.15, 0.2) is 0 Å². The highest BCUT2D eigenvalue weighted by atomic mass is 16.1. The molecule has 2 spiro atoms. The molecule has 4 unspecified atom stereocenters. The maximum atomic E-state index is 11.9. The van der Waals surface area contributed by atoms with Crippen LogP contribution in [0.5, 0.6) is 0 Å². The van der Waals surface area contributed by atoms with Crippen LogP contribution in [0.1, 0.15) is 32.1 Å². The Morgan fingerprint density at radius 2 is 2.00 bits per heavy atom. The number of hydrogen-bond acceptors (Lipinski definition) is 1. The van der Waals surface area contributed by atoms with Gasteiger partial charge in [-0.25, -0.2) is 0 Å². The van der Waals surface area contributed by atoms with E-state index in [9.17, 15) is 4.79 Å². The van der Waals surface area contributed by atoms with Gasteiger partial charge in [-0.15, -0.1) is 0 Å². The fraction of sp³-hybridized carbons (Fsp3) is 0.750. The summed E-state index contributed by atoms with van der Waals surface area (Å²) in [5.41, 5.74) is 0.968. The first kappa shape index (κ1) is 6.80. The predicted octanol–water partition coefficient (Wildman–Crippen LogP) is 2.32. The molecule has 1 nitrogen and oxygen atoms in total. The van der Waals surface area contributed by atoms with E-state index in [-0.39, 0.29) is 0 Å². The smallest absolute Gasteiger partial charge is 0.140 e. The van der Waals surface area contributed by atoms with Gasteiger partial charge in [-0.3, -0.25) is 4.79 Å². The lowest BCUT2D eigenvalue weighted by Gasteiger charge is -2.35. The van der Waals surface area contributed by atoms with E-state index in [4.69, 9.17) is 0 Å². The van der Waals surface area contributed by atoms with Gasteiger partial charge < -0.3 is 0 Å². The summed E-state index contributed by atoms with van der Waals surface area (Å²) in [6, 6.07) is 0. The van der Waals surface area contributed by atoms with Crippen LogP contribution in [0.2, 0.25) is 0 Å². The van der Waals surface area contributed by atoms with Gasteiger partial charge in [-0.05, 0) is 42.9 Å². The SMILES string of the molecule is O=C1C2CCC34CC=CCC3(C2)C14. The third kappa shape index (κ3) is 0.469. The second-order valence-corrected chi connectivity index (χ2v) is 5.47. The van der Waals surface area contributed by atoms with Crippen molar-refractivity contribution in [3.05, 3.63) is 12.2 Å². The Morgan fingerprint density at radius 1 is 1.23 bits per heavy atom. The highest BCUT2D eigenvalue weighted by molar-refractivity contribution is 5.93. The van der Waals surface area contributed by atoms with Crippen LogP contribution in [0.15, 0.2) is 12.2 Å². The molecular weight excluding hydrogens is 160 g/mol. The van der Waals surface area contributed by atoms with E-state index in [1.54, 1.807) is 0 Å². The van der Waals surface area contributed by atoms with Crippen molar-refractivity contribution in [1.29, 1.82) is 0 Å². The molecule has 5 aliphatic rings. The normalized spacial score (nSPS) is 60.8. The van der Waals surface area contributed by atoms with Crippen molar-refractivity contribution in [3.8, 4) is 0 Å². The van der Waals surface area contributed by atoms with Gasteiger partial charge in [-0.1, -0.05) is 12.2 Å². The van der Waals surface area contributed by atoms with E-state index in [1.807, 2.05) is 0 Å². The zero-order chi connectivity index (χ0) is 8.68. The lowest BCUT2D eigenvalue weighted by atomic mass is 9.68. The molecule has 5 rings (SSSR count). The molecule has 13 heavy (non-hydrogen) atoms. The van der Waals surface area contributed by atoms with Crippen LogP contribution in [-0.2, 0) is 4.79 Å². The van der Waals surface area contributed by atoms with Crippen LogP contribution < -0.4 is 0 Å². The highest BCUT2D eigenvalue weighted by Gasteiger charge is 2.83. The van der Waals surface area contributed by atoms with Crippen molar-refractivity contribution in [1.82, 2.24) is 0 Å². The second kappa shape index (κ2) is 1.65.